The third kappa shape index (κ3) is 7.49. The zero-order chi connectivity index (χ0) is 31.4. The van der Waals surface area contributed by atoms with Gasteiger partial charge in [-0.25, -0.2) is 4.39 Å². The molecule has 3 aromatic rings. The van der Waals surface area contributed by atoms with Crippen molar-refractivity contribution >= 4 is 17.3 Å². The molecule has 224 valence electrons. The van der Waals surface area contributed by atoms with Crippen molar-refractivity contribution in [2.24, 2.45) is 17.4 Å². The Morgan fingerprint density at radius 2 is 1.79 bits per heavy atom. The first-order valence-corrected chi connectivity index (χ1v) is 13.8. The van der Waals surface area contributed by atoms with Gasteiger partial charge in [-0.1, -0.05) is 49.8 Å². The second kappa shape index (κ2) is 12.8. The van der Waals surface area contributed by atoms with E-state index in [0.29, 0.717) is 46.4 Å². The first-order chi connectivity index (χ1) is 20.3. The van der Waals surface area contributed by atoms with Gasteiger partial charge in [0.15, 0.2) is 0 Å². The fourth-order valence-corrected chi connectivity index (χ4v) is 4.81. The standard InChI is InChI=1S/C33H33F4N5O/c1-21(33(35,36)37)16-30(42(2)27-5-3-4-24(17-27)20-39)31(43)41-29-18-26(12-13-28(29)34)32(40,15-14-22-6-7-22)25-10-8-23(19-38)9-11-25/h3-5,8-13,16-18,22H,1,6-7,14-15,20,39-40H2,2H3,(H,41,43)/b30-16-. The minimum absolute atomic E-state index is 0.182. The third-order valence-corrected chi connectivity index (χ3v) is 7.71. The molecule has 6 nitrogen and oxygen atoms in total. The van der Waals surface area contributed by atoms with E-state index >= 15 is 4.39 Å². The first-order valence-electron chi connectivity index (χ1n) is 13.8. The van der Waals surface area contributed by atoms with Gasteiger partial charge in [-0.05, 0) is 77.9 Å². The number of amides is 1. The highest BCUT2D eigenvalue weighted by Crippen LogP contribution is 2.40. The van der Waals surface area contributed by atoms with E-state index in [0.717, 1.165) is 19.3 Å². The molecule has 0 heterocycles. The Balaban J connectivity index is 1.72. The van der Waals surface area contributed by atoms with Crippen LogP contribution in [0.1, 0.15) is 47.9 Å². The number of rotatable bonds is 11. The number of hydrogen-bond acceptors (Lipinski definition) is 5. The number of carbonyl (C=O) groups excluding carboxylic acids is 1. The SMILES string of the molecule is C=C(/C=C(/C(=O)Nc1cc(C(N)(CCC2CC2)c2ccc(C#N)cc2)ccc1F)N(C)c1cccc(CN)c1)C(F)(F)F. The fraction of sp³-hybridized carbons (Fsp3) is 0.273. The summed E-state index contributed by atoms with van der Waals surface area (Å²) < 4.78 is 55.6. The van der Waals surface area contributed by atoms with Gasteiger partial charge in [-0.2, -0.15) is 18.4 Å². The maximum atomic E-state index is 15.1. The summed E-state index contributed by atoms with van der Waals surface area (Å²) in [5.41, 5.74) is 12.5. The van der Waals surface area contributed by atoms with Gasteiger partial charge in [-0.3, -0.25) is 4.79 Å². The minimum Gasteiger partial charge on any atom is -0.340 e. The summed E-state index contributed by atoms with van der Waals surface area (Å²) in [6.45, 7) is 3.26. The van der Waals surface area contributed by atoms with Gasteiger partial charge in [0.1, 0.15) is 11.5 Å². The summed E-state index contributed by atoms with van der Waals surface area (Å²) in [6, 6.07) is 19.6. The average molecular weight is 592 g/mol. The molecule has 0 spiro atoms. The lowest BCUT2D eigenvalue weighted by atomic mass is 9.79. The van der Waals surface area contributed by atoms with Crippen molar-refractivity contribution in [2.75, 3.05) is 17.3 Å². The molecule has 0 radical (unpaired) electrons. The maximum absolute atomic E-state index is 15.1. The Morgan fingerprint density at radius 3 is 2.40 bits per heavy atom. The van der Waals surface area contributed by atoms with E-state index in [1.54, 1.807) is 48.5 Å². The number of alkyl halides is 3. The van der Waals surface area contributed by atoms with Crippen molar-refractivity contribution in [3.05, 3.63) is 119 Å². The zero-order valence-corrected chi connectivity index (χ0v) is 23.7. The Kier molecular flexibility index (Phi) is 9.38. The zero-order valence-electron chi connectivity index (χ0n) is 23.7. The molecule has 1 aliphatic rings. The molecule has 0 bridgehead atoms. The smallest absolute Gasteiger partial charge is 0.340 e. The molecular weight excluding hydrogens is 558 g/mol. The van der Waals surface area contributed by atoms with Gasteiger partial charge in [0.25, 0.3) is 5.91 Å². The molecule has 0 aromatic heterocycles. The molecule has 10 heteroatoms. The molecule has 1 saturated carbocycles. The Morgan fingerprint density at radius 1 is 1.12 bits per heavy atom. The van der Waals surface area contributed by atoms with Crippen LogP contribution in [0.15, 0.2) is 90.7 Å². The van der Waals surface area contributed by atoms with Crippen LogP contribution in [0.3, 0.4) is 0 Å². The molecule has 1 unspecified atom stereocenters. The van der Waals surface area contributed by atoms with Crippen molar-refractivity contribution < 1.29 is 22.4 Å². The van der Waals surface area contributed by atoms with Gasteiger partial charge in [0.05, 0.1) is 28.4 Å². The van der Waals surface area contributed by atoms with Crippen molar-refractivity contribution in [1.82, 2.24) is 0 Å². The van der Waals surface area contributed by atoms with Gasteiger partial charge in [-0.15, -0.1) is 0 Å². The van der Waals surface area contributed by atoms with Crippen LogP contribution in [0.25, 0.3) is 0 Å². The lowest BCUT2D eigenvalue weighted by molar-refractivity contribution is -0.113. The van der Waals surface area contributed by atoms with Crippen molar-refractivity contribution in [3.8, 4) is 6.07 Å². The Bertz CT molecular complexity index is 1570. The third-order valence-electron chi connectivity index (χ3n) is 7.71. The van der Waals surface area contributed by atoms with Crippen LogP contribution in [0.5, 0.6) is 0 Å². The van der Waals surface area contributed by atoms with Gasteiger partial charge in [0, 0.05) is 19.3 Å². The van der Waals surface area contributed by atoms with Crippen molar-refractivity contribution in [2.45, 2.75) is 43.9 Å². The maximum Gasteiger partial charge on any atom is 0.415 e. The van der Waals surface area contributed by atoms with E-state index in [1.165, 1.54) is 30.1 Å². The average Bonchev–Trinajstić information content (AvgIpc) is 3.83. The van der Waals surface area contributed by atoms with E-state index in [9.17, 15) is 23.2 Å². The number of anilines is 2. The summed E-state index contributed by atoms with van der Waals surface area (Å²) in [5.74, 6) is -1.23. The predicted molar refractivity (Wildman–Crippen MR) is 159 cm³/mol. The first kappa shape index (κ1) is 31.5. The lowest BCUT2D eigenvalue weighted by Gasteiger charge is -2.32. The topological polar surface area (TPSA) is 108 Å². The summed E-state index contributed by atoms with van der Waals surface area (Å²) in [7, 11) is 1.42. The number of nitrogens with two attached hydrogens (primary N) is 2. The van der Waals surface area contributed by atoms with Crippen LogP contribution >= 0.6 is 0 Å². The van der Waals surface area contributed by atoms with Gasteiger partial charge in [0.2, 0.25) is 0 Å². The highest BCUT2D eigenvalue weighted by atomic mass is 19.4. The molecule has 0 aliphatic heterocycles. The van der Waals surface area contributed by atoms with Crippen LogP contribution in [0.4, 0.5) is 28.9 Å². The van der Waals surface area contributed by atoms with Crippen LogP contribution in [0.2, 0.25) is 0 Å². The largest absolute Gasteiger partial charge is 0.415 e. The highest BCUT2D eigenvalue weighted by molar-refractivity contribution is 6.06. The van der Waals surface area contributed by atoms with E-state index in [2.05, 4.69) is 18.0 Å². The molecule has 1 atom stereocenters. The van der Waals surface area contributed by atoms with Crippen LogP contribution in [0, 0.1) is 23.1 Å². The number of nitriles is 1. The number of nitrogens with one attached hydrogen (secondary N) is 1. The molecule has 4 rings (SSSR count). The Hall–Kier alpha value is -4.46. The number of allylic oxidation sites excluding steroid dienone is 2. The molecule has 1 fully saturated rings. The number of likely N-dealkylation sites (N-methyl/N-ethyl adjacent to an activating group) is 1. The quantitative estimate of drug-likeness (QED) is 0.132. The van der Waals surface area contributed by atoms with E-state index < -0.39 is 34.7 Å². The number of carbonyl (C=O) groups is 1. The van der Waals surface area contributed by atoms with Crippen LogP contribution in [-0.4, -0.2) is 19.1 Å². The van der Waals surface area contributed by atoms with Crippen molar-refractivity contribution in [3.63, 3.8) is 0 Å². The predicted octanol–water partition coefficient (Wildman–Crippen LogP) is 6.63. The normalized spacial score (nSPS) is 14.9. The number of halogens is 4. The molecule has 0 saturated heterocycles. The molecule has 1 amide bonds. The van der Waals surface area contributed by atoms with Crippen LogP contribution < -0.4 is 21.7 Å². The van der Waals surface area contributed by atoms with E-state index in [4.69, 9.17) is 11.5 Å². The monoisotopic (exact) mass is 591 g/mol. The molecule has 5 N–H and O–H groups in total. The van der Waals surface area contributed by atoms with Crippen molar-refractivity contribution in [1.29, 1.82) is 5.26 Å². The highest BCUT2D eigenvalue weighted by Gasteiger charge is 2.34. The van der Waals surface area contributed by atoms with Gasteiger partial charge < -0.3 is 21.7 Å². The van der Waals surface area contributed by atoms with E-state index in [-0.39, 0.29) is 12.2 Å². The fourth-order valence-electron chi connectivity index (χ4n) is 4.81. The van der Waals surface area contributed by atoms with Crippen LogP contribution in [-0.2, 0) is 16.9 Å². The summed E-state index contributed by atoms with van der Waals surface area (Å²) in [5, 5.41) is 11.7. The number of nitrogens with zero attached hydrogens (tertiary/aromatic N) is 2. The van der Waals surface area contributed by atoms with E-state index in [1.807, 2.05) is 0 Å². The Labute approximate surface area is 248 Å². The van der Waals surface area contributed by atoms with Gasteiger partial charge >= 0.3 is 6.18 Å². The minimum atomic E-state index is -4.79. The number of benzene rings is 3. The molecule has 1 aliphatic carbocycles. The number of hydrogen-bond donors (Lipinski definition) is 3. The molecule has 43 heavy (non-hydrogen) atoms. The summed E-state index contributed by atoms with van der Waals surface area (Å²) >= 11 is 0. The molecule has 3 aromatic carbocycles. The summed E-state index contributed by atoms with van der Waals surface area (Å²) in [6.07, 6.45) is -0.610. The lowest BCUT2D eigenvalue weighted by Crippen LogP contribution is -2.38. The second-order valence-electron chi connectivity index (χ2n) is 10.8. The summed E-state index contributed by atoms with van der Waals surface area (Å²) in [4.78, 5) is 14.8. The second-order valence-corrected chi connectivity index (χ2v) is 10.8. The molecular formula is C33H33F4N5O.